The van der Waals surface area contributed by atoms with E-state index in [1.54, 1.807) is 13.3 Å². The second-order valence-electron chi connectivity index (χ2n) is 6.61. The Balaban J connectivity index is 1.40. The van der Waals surface area contributed by atoms with E-state index in [2.05, 4.69) is 15.3 Å². The van der Waals surface area contributed by atoms with Gasteiger partial charge in [0.1, 0.15) is 11.9 Å². The normalized spacial score (nSPS) is 19.2. The fraction of sp³-hybridized carbons (Fsp3) is 0.450. The van der Waals surface area contributed by atoms with Gasteiger partial charge >= 0.3 is 0 Å². The van der Waals surface area contributed by atoms with Crippen molar-refractivity contribution in [3.05, 3.63) is 42.2 Å². The van der Waals surface area contributed by atoms with Crippen LogP contribution in [0.5, 0.6) is 17.5 Å². The highest BCUT2D eigenvalue weighted by atomic mass is 16.5. The van der Waals surface area contributed by atoms with Gasteiger partial charge in [-0.15, -0.1) is 0 Å². The molecule has 0 aliphatic heterocycles. The minimum Gasteiger partial charge on any atom is -0.484 e. The molecule has 7 heteroatoms. The van der Waals surface area contributed by atoms with Crippen LogP contribution in [0.3, 0.4) is 0 Å². The van der Waals surface area contributed by atoms with E-state index in [0.717, 1.165) is 37.0 Å². The average molecular weight is 371 g/mol. The number of carbonyl (C=O) groups excluding carboxylic acids is 1. The predicted molar refractivity (Wildman–Crippen MR) is 100 cm³/mol. The molecule has 0 spiro atoms. The Morgan fingerprint density at radius 1 is 1.15 bits per heavy atom. The summed E-state index contributed by atoms with van der Waals surface area (Å²) in [5, 5.41) is 3.04. The molecular weight excluding hydrogens is 346 g/mol. The molecule has 1 heterocycles. The average Bonchev–Trinajstić information content (AvgIpc) is 2.69. The van der Waals surface area contributed by atoms with E-state index in [0.29, 0.717) is 11.8 Å². The van der Waals surface area contributed by atoms with Crippen molar-refractivity contribution in [3.8, 4) is 17.5 Å². The van der Waals surface area contributed by atoms with Crippen LogP contribution in [-0.4, -0.2) is 41.7 Å². The number of nitrogens with one attached hydrogen (secondary N) is 1. The lowest BCUT2D eigenvalue weighted by atomic mass is 9.93. The summed E-state index contributed by atoms with van der Waals surface area (Å²) in [6.45, 7) is 1.99. The number of para-hydroxylation sites is 1. The second-order valence-corrected chi connectivity index (χ2v) is 6.61. The van der Waals surface area contributed by atoms with Crippen molar-refractivity contribution in [1.82, 2.24) is 15.3 Å². The summed E-state index contributed by atoms with van der Waals surface area (Å²) in [6.07, 6.45) is 6.61. The van der Waals surface area contributed by atoms with Crippen molar-refractivity contribution < 1.29 is 19.0 Å². The number of nitrogens with zero attached hydrogens (tertiary/aromatic N) is 2. The molecule has 1 fully saturated rings. The zero-order valence-electron chi connectivity index (χ0n) is 15.7. The molecule has 3 rings (SSSR count). The molecule has 0 radical (unpaired) electrons. The summed E-state index contributed by atoms with van der Waals surface area (Å²) in [7, 11) is 1.55. The summed E-state index contributed by atoms with van der Waals surface area (Å²) in [6, 6.07) is 7.82. The Labute approximate surface area is 159 Å². The van der Waals surface area contributed by atoms with Gasteiger partial charge in [-0.25, -0.2) is 0 Å². The van der Waals surface area contributed by atoms with Crippen molar-refractivity contribution in [2.45, 2.75) is 44.8 Å². The molecule has 1 aromatic carbocycles. The van der Waals surface area contributed by atoms with Gasteiger partial charge in [0.2, 0.25) is 11.8 Å². The maximum atomic E-state index is 12.1. The molecule has 1 amide bonds. The Kier molecular flexibility index (Phi) is 6.46. The highest BCUT2D eigenvalue weighted by Crippen LogP contribution is 2.23. The molecule has 0 unspecified atom stereocenters. The van der Waals surface area contributed by atoms with Gasteiger partial charge in [-0.2, -0.15) is 4.98 Å². The molecule has 1 saturated carbocycles. The quantitative estimate of drug-likeness (QED) is 0.806. The first-order valence-corrected chi connectivity index (χ1v) is 9.14. The van der Waals surface area contributed by atoms with E-state index in [9.17, 15) is 4.79 Å². The number of hydrogen-bond acceptors (Lipinski definition) is 6. The number of amides is 1. The predicted octanol–water partition coefficient (Wildman–Crippen LogP) is 2.68. The summed E-state index contributed by atoms with van der Waals surface area (Å²) in [4.78, 5) is 20.4. The first kappa shape index (κ1) is 18.9. The summed E-state index contributed by atoms with van der Waals surface area (Å²) in [5.74, 6) is 1.54. The van der Waals surface area contributed by atoms with Crippen LogP contribution in [-0.2, 0) is 4.79 Å². The number of carbonyl (C=O) groups is 1. The van der Waals surface area contributed by atoms with Crippen molar-refractivity contribution in [1.29, 1.82) is 0 Å². The molecule has 0 saturated heterocycles. The Bertz CT molecular complexity index is 760. The minimum absolute atomic E-state index is 0.0285. The zero-order chi connectivity index (χ0) is 19.1. The molecule has 1 aliphatic rings. The number of benzene rings is 1. The highest BCUT2D eigenvalue weighted by Gasteiger charge is 2.24. The smallest absolute Gasteiger partial charge is 0.258 e. The Morgan fingerprint density at radius 3 is 2.63 bits per heavy atom. The van der Waals surface area contributed by atoms with E-state index >= 15 is 0 Å². The van der Waals surface area contributed by atoms with Crippen LogP contribution < -0.4 is 19.5 Å². The minimum atomic E-state index is -0.0960. The molecule has 7 nitrogen and oxygen atoms in total. The maximum Gasteiger partial charge on any atom is 0.258 e. The third-order valence-corrected chi connectivity index (χ3v) is 4.58. The number of aryl methyl sites for hydroxylation is 1. The largest absolute Gasteiger partial charge is 0.484 e. The zero-order valence-corrected chi connectivity index (χ0v) is 15.7. The van der Waals surface area contributed by atoms with Gasteiger partial charge in [0, 0.05) is 6.04 Å². The van der Waals surface area contributed by atoms with Crippen molar-refractivity contribution in [2.75, 3.05) is 13.7 Å². The fourth-order valence-corrected chi connectivity index (χ4v) is 3.11. The lowest BCUT2D eigenvalue weighted by molar-refractivity contribution is -0.124. The van der Waals surface area contributed by atoms with Crippen molar-refractivity contribution in [2.24, 2.45) is 0 Å². The van der Waals surface area contributed by atoms with Crippen LogP contribution in [0.2, 0.25) is 0 Å². The van der Waals surface area contributed by atoms with Gasteiger partial charge in [-0.05, 0) is 44.2 Å². The number of rotatable bonds is 7. The fourth-order valence-electron chi connectivity index (χ4n) is 3.11. The first-order valence-electron chi connectivity index (χ1n) is 9.14. The highest BCUT2D eigenvalue weighted by molar-refractivity contribution is 5.77. The van der Waals surface area contributed by atoms with Crippen LogP contribution in [0.4, 0.5) is 0 Å². The number of hydrogen-bond donors (Lipinski definition) is 1. The van der Waals surface area contributed by atoms with Gasteiger partial charge in [-0.3, -0.25) is 9.78 Å². The van der Waals surface area contributed by atoms with Crippen LogP contribution >= 0.6 is 0 Å². The topological polar surface area (TPSA) is 82.6 Å². The lowest BCUT2D eigenvalue weighted by Gasteiger charge is -2.29. The number of ether oxygens (including phenoxy) is 3. The van der Waals surface area contributed by atoms with Gasteiger partial charge in [-0.1, -0.05) is 18.2 Å². The molecule has 1 aromatic heterocycles. The summed E-state index contributed by atoms with van der Waals surface area (Å²) >= 11 is 0. The van der Waals surface area contributed by atoms with Gasteiger partial charge < -0.3 is 19.5 Å². The van der Waals surface area contributed by atoms with Crippen molar-refractivity contribution in [3.63, 3.8) is 0 Å². The molecule has 0 atom stereocenters. The van der Waals surface area contributed by atoms with Gasteiger partial charge in [0.25, 0.3) is 5.91 Å². The van der Waals surface area contributed by atoms with E-state index in [1.807, 2.05) is 31.2 Å². The van der Waals surface area contributed by atoms with Gasteiger partial charge in [0.05, 0.1) is 19.5 Å². The monoisotopic (exact) mass is 371 g/mol. The Morgan fingerprint density at radius 2 is 1.89 bits per heavy atom. The lowest BCUT2D eigenvalue weighted by Crippen LogP contribution is -2.41. The number of aromatic nitrogens is 2. The van der Waals surface area contributed by atoms with Crippen molar-refractivity contribution >= 4 is 5.91 Å². The number of methoxy groups -OCH3 is 1. The van der Waals surface area contributed by atoms with Crippen LogP contribution in [0.1, 0.15) is 31.2 Å². The van der Waals surface area contributed by atoms with Crippen LogP contribution in [0.25, 0.3) is 0 Å². The Hall–Kier alpha value is -2.83. The molecule has 27 heavy (non-hydrogen) atoms. The first-order chi connectivity index (χ1) is 13.1. The van der Waals surface area contributed by atoms with E-state index in [-0.39, 0.29) is 24.7 Å². The SMILES string of the molecule is COc1cncc(OC2CCC(NC(=O)COc3ccccc3C)CC2)n1. The van der Waals surface area contributed by atoms with Crippen LogP contribution in [0, 0.1) is 6.92 Å². The summed E-state index contributed by atoms with van der Waals surface area (Å²) in [5.41, 5.74) is 1.02. The van der Waals surface area contributed by atoms with Gasteiger partial charge in [0.15, 0.2) is 6.61 Å². The van der Waals surface area contributed by atoms with E-state index < -0.39 is 0 Å². The van der Waals surface area contributed by atoms with E-state index in [4.69, 9.17) is 14.2 Å². The summed E-state index contributed by atoms with van der Waals surface area (Å²) < 4.78 is 16.5. The third kappa shape index (κ3) is 5.57. The molecule has 2 aromatic rings. The second kappa shape index (κ2) is 9.21. The van der Waals surface area contributed by atoms with E-state index in [1.165, 1.54) is 6.20 Å². The third-order valence-electron chi connectivity index (χ3n) is 4.58. The molecule has 1 N–H and O–H groups in total. The molecular formula is C20H25N3O4. The molecule has 1 aliphatic carbocycles. The molecule has 0 bridgehead atoms. The van der Waals surface area contributed by atoms with Crippen LogP contribution in [0.15, 0.2) is 36.7 Å². The standard InChI is InChI=1S/C20H25N3O4/c1-14-5-3-4-6-17(14)26-13-18(24)22-15-7-9-16(10-8-15)27-20-12-21-11-19(23-20)25-2/h3-6,11-12,15-16H,7-10,13H2,1-2H3,(H,22,24). The molecule has 144 valence electrons. The maximum absolute atomic E-state index is 12.1.